The number of para-hydroxylation sites is 1. The molecule has 0 unspecified atom stereocenters. The fourth-order valence-corrected chi connectivity index (χ4v) is 4.97. The molecule has 7 heteroatoms. The highest BCUT2D eigenvalue weighted by molar-refractivity contribution is 7.92. The smallest absolute Gasteiger partial charge is 0.262 e. The molecule has 4 aromatic rings. The van der Waals surface area contributed by atoms with Crippen LogP contribution >= 0.6 is 0 Å². The molecule has 0 atom stereocenters. The van der Waals surface area contributed by atoms with E-state index in [2.05, 4.69) is 15.0 Å². The number of amides is 1. The summed E-state index contributed by atoms with van der Waals surface area (Å²) in [5.41, 5.74) is 5.02. The highest BCUT2D eigenvalue weighted by Gasteiger charge is 2.20. The van der Waals surface area contributed by atoms with E-state index >= 15 is 0 Å². The van der Waals surface area contributed by atoms with E-state index in [-0.39, 0.29) is 16.4 Å². The van der Waals surface area contributed by atoms with E-state index in [4.69, 9.17) is 0 Å². The molecule has 1 amide bonds. The molecule has 1 aromatic heterocycles. The van der Waals surface area contributed by atoms with Gasteiger partial charge in [-0.15, -0.1) is 0 Å². The minimum Gasteiger partial charge on any atom is -0.322 e. The first kappa shape index (κ1) is 23.2. The average Bonchev–Trinajstić information content (AvgIpc) is 2.82. The molecule has 0 aliphatic rings. The lowest BCUT2D eigenvalue weighted by Crippen LogP contribution is -2.17. The van der Waals surface area contributed by atoms with E-state index in [9.17, 15) is 13.2 Å². The zero-order valence-corrected chi connectivity index (χ0v) is 19.8. The van der Waals surface area contributed by atoms with Gasteiger partial charge in [-0.3, -0.25) is 14.5 Å². The fraction of sp³-hybridized carbons (Fsp3) is 0.111. The van der Waals surface area contributed by atoms with Crippen LogP contribution in [0.3, 0.4) is 0 Å². The van der Waals surface area contributed by atoms with E-state index in [0.717, 1.165) is 23.1 Å². The number of pyridine rings is 1. The molecular formula is C27H25N3O3S. The Balaban J connectivity index is 1.50. The third kappa shape index (κ3) is 5.50. The second-order valence-corrected chi connectivity index (χ2v) is 9.73. The summed E-state index contributed by atoms with van der Waals surface area (Å²) < 4.78 is 28.7. The number of nitrogens with zero attached hydrogens (tertiary/aromatic N) is 1. The Kier molecular flexibility index (Phi) is 6.75. The molecular weight excluding hydrogens is 446 g/mol. The van der Waals surface area contributed by atoms with Crippen molar-refractivity contribution >= 4 is 27.3 Å². The molecule has 1 heterocycles. The maximum absolute atomic E-state index is 13.0. The number of aromatic nitrogens is 1. The highest BCUT2D eigenvalue weighted by atomic mass is 32.2. The minimum atomic E-state index is -3.87. The van der Waals surface area contributed by atoms with Crippen LogP contribution in [0.15, 0.2) is 96.2 Å². The molecule has 0 fully saturated rings. The summed E-state index contributed by atoms with van der Waals surface area (Å²) >= 11 is 0. The monoisotopic (exact) mass is 471 g/mol. The molecule has 0 saturated carbocycles. The van der Waals surface area contributed by atoms with Crippen LogP contribution in [0, 0.1) is 13.8 Å². The van der Waals surface area contributed by atoms with Gasteiger partial charge in [0, 0.05) is 23.6 Å². The van der Waals surface area contributed by atoms with Crippen molar-refractivity contribution in [3.05, 3.63) is 119 Å². The van der Waals surface area contributed by atoms with Crippen molar-refractivity contribution in [2.45, 2.75) is 25.2 Å². The molecule has 0 radical (unpaired) electrons. The first-order chi connectivity index (χ1) is 16.3. The van der Waals surface area contributed by atoms with Crippen LogP contribution in [0.4, 0.5) is 11.4 Å². The number of hydrogen-bond acceptors (Lipinski definition) is 4. The molecule has 34 heavy (non-hydrogen) atoms. The zero-order valence-electron chi connectivity index (χ0n) is 18.9. The number of hydrogen-bond donors (Lipinski definition) is 2. The van der Waals surface area contributed by atoms with Crippen LogP contribution in [0.5, 0.6) is 0 Å². The predicted octanol–water partition coefficient (Wildman–Crippen LogP) is 5.34. The van der Waals surface area contributed by atoms with Crippen molar-refractivity contribution in [2.24, 2.45) is 0 Å². The molecule has 0 bridgehead atoms. The van der Waals surface area contributed by atoms with Gasteiger partial charge >= 0.3 is 0 Å². The quantitative estimate of drug-likeness (QED) is 0.381. The Bertz CT molecular complexity index is 1420. The number of carbonyl (C=O) groups is 1. The molecule has 0 saturated heterocycles. The second-order valence-electron chi connectivity index (χ2n) is 8.08. The molecule has 0 aliphatic carbocycles. The maximum Gasteiger partial charge on any atom is 0.262 e. The summed E-state index contributed by atoms with van der Waals surface area (Å²) in [5, 5.41) is 2.84. The number of anilines is 2. The van der Waals surface area contributed by atoms with Gasteiger partial charge in [0.1, 0.15) is 0 Å². The first-order valence-electron chi connectivity index (χ1n) is 10.8. The van der Waals surface area contributed by atoms with Gasteiger partial charge in [0.25, 0.3) is 15.9 Å². The van der Waals surface area contributed by atoms with Gasteiger partial charge in [-0.2, -0.15) is 0 Å². The molecule has 172 valence electrons. The van der Waals surface area contributed by atoms with Crippen LogP contribution in [0.25, 0.3) is 0 Å². The van der Waals surface area contributed by atoms with Gasteiger partial charge in [0.2, 0.25) is 0 Å². The van der Waals surface area contributed by atoms with Crippen molar-refractivity contribution in [3.63, 3.8) is 0 Å². The van der Waals surface area contributed by atoms with Crippen LogP contribution in [-0.2, 0) is 16.4 Å². The Morgan fingerprint density at radius 3 is 2.21 bits per heavy atom. The third-order valence-electron chi connectivity index (χ3n) is 5.50. The van der Waals surface area contributed by atoms with Crippen molar-refractivity contribution in [2.75, 3.05) is 10.0 Å². The molecule has 2 N–H and O–H groups in total. The van der Waals surface area contributed by atoms with E-state index in [0.29, 0.717) is 16.9 Å². The van der Waals surface area contributed by atoms with Crippen molar-refractivity contribution in [1.29, 1.82) is 0 Å². The molecule has 0 aliphatic heterocycles. The summed E-state index contributed by atoms with van der Waals surface area (Å²) in [7, 11) is -3.87. The number of rotatable bonds is 7. The Morgan fingerprint density at radius 1 is 0.824 bits per heavy atom. The predicted molar refractivity (Wildman–Crippen MR) is 135 cm³/mol. The Labute approximate surface area is 199 Å². The molecule has 4 rings (SSSR count). The number of nitrogens with one attached hydrogen (secondary N) is 2. The van der Waals surface area contributed by atoms with Crippen LogP contribution in [0.2, 0.25) is 0 Å². The van der Waals surface area contributed by atoms with Crippen LogP contribution in [-0.4, -0.2) is 19.3 Å². The van der Waals surface area contributed by atoms with Crippen molar-refractivity contribution in [1.82, 2.24) is 4.98 Å². The lowest BCUT2D eigenvalue weighted by Gasteiger charge is -2.14. The highest BCUT2D eigenvalue weighted by Crippen LogP contribution is 2.23. The standard InChI is InChI=1S/C27H25N3O3S/c1-19-5-3-4-6-25(19)30-34(32,33)26-18-23(10-7-20(26)2)27(31)29-24-11-8-21(9-12-24)17-22-13-15-28-16-14-22/h3-16,18,30H,17H2,1-2H3,(H,29,31). The van der Waals surface area contributed by atoms with Gasteiger partial charge in [-0.1, -0.05) is 36.4 Å². The summed E-state index contributed by atoms with van der Waals surface area (Å²) in [6.07, 6.45) is 4.29. The first-order valence-corrected chi connectivity index (χ1v) is 12.3. The Hall–Kier alpha value is -3.97. The van der Waals surface area contributed by atoms with Crippen LogP contribution < -0.4 is 10.0 Å². The van der Waals surface area contributed by atoms with Crippen LogP contribution in [0.1, 0.15) is 32.6 Å². The largest absolute Gasteiger partial charge is 0.322 e. The average molecular weight is 472 g/mol. The molecule has 6 nitrogen and oxygen atoms in total. The zero-order chi connectivity index (χ0) is 24.1. The van der Waals surface area contributed by atoms with Crippen molar-refractivity contribution in [3.8, 4) is 0 Å². The van der Waals surface area contributed by atoms with E-state index < -0.39 is 10.0 Å². The lowest BCUT2D eigenvalue weighted by atomic mass is 10.1. The van der Waals surface area contributed by atoms with Gasteiger partial charge in [-0.25, -0.2) is 8.42 Å². The van der Waals surface area contributed by atoms with Gasteiger partial charge in [0.05, 0.1) is 10.6 Å². The summed E-state index contributed by atoms with van der Waals surface area (Å²) in [6.45, 7) is 3.53. The number of carbonyl (C=O) groups excluding carboxylic acids is 1. The third-order valence-corrected chi connectivity index (χ3v) is 7.01. The maximum atomic E-state index is 13.0. The second kappa shape index (κ2) is 9.89. The Morgan fingerprint density at radius 2 is 1.50 bits per heavy atom. The number of aryl methyl sites for hydroxylation is 2. The number of benzene rings is 3. The van der Waals surface area contributed by atoms with E-state index in [1.165, 1.54) is 6.07 Å². The molecule has 3 aromatic carbocycles. The molecule has 0 spiro atoms. The topological polar surface area (TPSA) is 88.2 Å². The van der Waals surface area contributed by atoms with Gasteiger partial charge in [-0.05, 0) is 85.0 Å². The number of sulfonamides is 1. The fourth-order valence-electron chi connectivity index (χ4n) is 3.56. The van der Waals surface area contributed by atoms with Gasteiger partial charge < -0.3 is 5.32 Å². The minimum absolute atomic E-state index is 0.0658. The van der Waals surface area contributed by atoms with E-state index in [1.54, 1.807) is 43.6 Å². The summed E-state index contributed by atoms with van der Waals surface area (Å²) in [5.74, 6) is -0.380. The summed E-state index contributed by atoms with van der Waals surface area (Å²) in [6, 6.07) is 23.3. The van der Waals surface area contributed by atoms with Crippen molar-refractivity contribution < 1.29 is 13.2 Å². The SMILES string of the molecule is Cc1ccccc1NS(=O)(=O)c1cc(C(=O)Nc2ccc(Cc3ccncc3)cc2)ccc1C. The lowest BCUT2D eigenvalue weighted by molar-refractivity contribution is 0.102. The normalized spacial score (nSPS) is 11.1. The van der Waals surface area contributed by atoms with Gasteiger partial charge in [0.15, 0.2) is 0 Å². The summed E-state index contributed by atoms with van der Waals surface area (Å²) in [4.78, 5) is 17.0. The van der Waals surface area contributed by atoms with E-state index in [1.807, 2.05) is 55.5 Å².